The number of piperazine rings is 1. The van der Waals surface area contributed by atoms with Gasteiger partial charge in [-0.25, -0.2) is 0 Å². The maximum absolute atomic E-state index is 12.0. The summed E-state index contributed by atoms with van der Waals surface area (Å²) in [7, 11) is 0. The summed E-state index contributed by atoms with van der Waals surface area (Å²) in [5, 5.41) is 3.47. The van der Waals surface area contributed by atoms with E-state index >= 15 is 0 Å². The first kappa shape index (κ1) is 16.3. The van der Waals surface area contributed by atoms with Gasteiger partial charge in [0.05, 0.1) is 6.61 Å². The van der Waals surface area contributed by atoms with Crippen molar-refractivity contribution in [2.24, 2.45) is 0 Å². The standard InChI is InChI=1S/C15H21F3N2O/c1-12-9-19-14(13-5-3-2-4-6-13)10-20(12)7-8-21-11-15(16,17)18/h2-6,12,14,19H,7-11H2,1H3. The molecule has 1 aliphatic heterocycles. The van der Waals surface area contributed by atoms with E-state index in [1.807, 2.05) is 18.2 Å². The van der Waals surface area contributed by atoms with Crippen molar-refractivity contribution in [3.63, 3.8) is 0 Å². The lowest BCUT2D eigenvalue weighted by Crippen LogP contribution is -2.52. The van der Waals surface area contributed by atoms with Crippen LogP contribution in [0.5, 0.6) is 0 Å². The molecule has 0 bridgehead atoms. The van der Waals surface area contributed by atoms with Gasteiger partial charge < -0.3 is 10.1 Å². The van der Waals surface area contributed by atoms with E-state index in [0.29, 0.717) is 12.6 Å². The summed E-state index contributed by atoms with van der Waals surface area (Å²) < 4.78 is 40.8. The molecule has 2 rings (SSSR count). The summed E-state index contributed by atoms with van der Waals surface area (Å²) in [5.74, 6) is 0. The van der Waals surface area contributed by atoms with Crippen LogP contribution >= 0.6 is 0 Å². The van der Waals surface area contributed by atoms with Crippen molar-refractivity contribution in [1.29, 1.82) is 0 Å². The Morgan fingerprint density at radius 1 is 1.29 bits per heavy atom. The lowest BCUT2D eigenvalue weighted by Gasteiger charge is -2.39. The number of hydrogen-bond acceptors (Lipinski definition) is 3. The lowest BCUT2D eigenvalue weighted by atomic mass is 10.0. The average Bonchev–Trinajstić information content (AvgIpc) is 2.45. The van der Waals surface area contributed by atoms with Gasteiger partial charge in [0.1, 0.15) is 6.61 Å². The third-order valence-electron chi connectivity index (χ3n) is 3.69. The largest absolute Gasteiger partial charge is 0.411 e. The number of ether oxygens (including phenoxy) is 1. The Balaban J connectivity index is 1.81. The summed E-state index contributed by atoms with van der Waals surface area (Å²) in [5.41, 5.74) is 1.20. The molecule has 1 aromatic rings. The van der Waals surface area contributed by atoms with E-state index < -0.39 is 12.8 Å². The second kappa shape index (κ2) is 7.24. The molecular formula is C15H21F3N2O. The quantitative estimate of drug-likeness (QED) is 0.846. The lowest BCUT2D eigenvalue weighted by molar-refractivity contribution is -0.175. The SMILES string of the molecule is CC1CNC(c2ccccc2)CN1CCOCC(F)(F)F. The van der Waals surface area contributed by atoms with Crippen LogP contribution in [-0.4, -0.2) is 50.0 Å². The van der Waals surface area contributed by atoms with E-state index in [1.54, 1.807) is 0 Å². The second-order valence-corrected chi connectivity index (χ2v) is 5.38. The Morgan fingerprint density at radius 2 is 2.00 bits per heavy atom. The number of nitrogens with zero attached hydrogens (tertiary/aromatic N) is 1. The van der Waals surface area contributed by atoms with Crippen LogP contribution < -0.4 is 5.32 Å². The van der Waals surface area contributed by atoms with Gasteiger partial charge in [-0.1, -0.05) is 30.3 Å². The molecule has 3 nitrogen and oxygen atoms in total. The van der Waals surface area contributed by atoms with Crippen molar-refractivity contribution in [2.45, 2.75) is 25.2 Å². The Morgan fingerprint density at radius 3 is 2.67 bits per heavy atom. The Bertz CT molecular complexity index is 425. The summed E-state index contributed by atoms with van der Waals surface area (Å²) in [6.45, 7) is 3.11. The number of alkyl halides is 3. The van der Waals surface area contributed by atoms with Crippen LogP contribution in [0.25, 0.3) is 0 Å². The summed E-state index contributed by atoms with van der Waals surface area (Å²) in [6.07, 6.45) is -4.25. The molecule has 118 valence electrons. The van der Waals surface area contributed by atoms with Crippen molar-refractivity contribution < 1.29 is 17.9 Å². The molecule has 1 saturated heterocycles. The first-order valence-electron chi connectivity index (χ1n) is 7.12. The maximum Gasteiger partial charge on any atom is 0.411 e. The van der Waals surface area contributed by atoms with Crippen LogP contribution in [0.15, 0.2) is 30.3 Å². The van der Waals surface area contributed by atoms with Gasteiger partial charge in [-0.05, 0) is 12.5 Å². The van der Waals surface area contributed by atoms with Gasteiger partial charge in [-0.3, -0.25) is 4.90 Å². The average molecular weight is 302 g/mol. The Hall–Kier alpha value is -1.11. The molecule has 6 heteroatoms. The van der Waals surface area contributed by atoms with Gasteiger partial charge in [0.25, 0.3) is 0 Å². The van der Waals surface area contributed by atoms with Gasteiger partial charge in [-0.2, -0.15) is 13.2 Å². The highest BCUT2D eigenvalue weighted by Gasteiger charge is 2.28. The van der Waals surface area contributed by atoms with Gasteiger partial charge >= 0.3 is 6.18 Å². The molecule has 1 heterocycles. The highest BCUT2D eigenvalue weighted by molar-refractivity contribution is 5.20. The first-order chi connectivity index (χ1) is 9.96. The predicted octanol–water partition coefficient (Wildman–Crippen LogP) is 2.60. The summed E-state index contributed by atoms with van der Waals surface area (Å²) in [6, 6.07) is 10.6. The minimum Gasteiger partial charge on any atom is -0.371 e. The van der Waals surface area contributed by atoms with Gasteiger partial charge in [-0.15, -0.1) is 0 Å². The normalized spacial score (nSPS) is 24.2. The first-order valence-corrected chi connectivity index (χ1v) is 7.12. The predicted molar refractivity (Wildman–Crippen MR) is 75.1 cm³/mol. The molecule has 1 fully saturated rings. The number of hydrogen-bond donors (Lipinski definition) is 1. The van der Waals surface area contributed by atoms with E-state index in [9.17, 15) is 13.2 Å². The third kappa shape index (κ3) is 5.30. The highest BCUT2D eigenvalue weighted by atomic mass is 19.4. The van der Waals surface area contributed by atoms with Gasteiger partial charge in [0.15, 0.2) is 0 Å². The zero-order chi connectivity index (χ0) is 15.3. The fourth-order valence-corrected chi connectivity index (χ4v) is 2.51. The third-order valence-corrected chi connectivity index (χ3v) is 3.69. The molecule has 2 atom stereocenters. The topological polar surface area (TPSA) is 24.5 Å². The molecular weight excluding hydrogens is 281 g/mol. The van der Waals surface area contributed by atoms with E-state index in [0.717, 1.165) is 13.1 Å². The fourth-order valence-electron chi connectivity index (χ4n) is 2.51. The smallest absolute Gasteiger partial charge is 0.371 e. The molecule has 0 aliphatic carbocycles. The zero-order valence-electron chi connectivity index (χ0n) is 12.1. The Kier molecular flexibility index (Phi) is 5.61. The number of rotatable bonds is 5. The minimum atomic E-state index is -4.25. The number of halogens is 3. The van der Waals surface area contributed by atoms with E-state index in [-0.39, 0.29) is 12.6 Å². The van der Waals surface area contributed by atoms with E-state index in [4.69, 9.17) is 4.74 Å². The minimum absolute atomic E-state index is 0.103. The van der Waals surface area contributed by atoms with E-state index in [1.165, 1.54) is 5.56 Å². The number of nitrogens with one attached hydrogen (secondary N) is 1. The van der Waals surface area contributed by atoms with Crippen molar-refractivity contribution in [3.8, 4) is 0 Å². The second-order valence-electron chi connectivity index (χ2n) is 5.38. The van der Waals surface area contributed by atoms with Gasteiger partial charge in [0, 0.05) is 31.7 Å². The molecule has 1 aliphatic rings. The van der Waals surface area contributed by atoms with Crippen LogP contribution in [0, 0.1) is 0 Å². The zero-order valence-corrected chi connectivity index (χ0v) is 12.1. The van der Waals surface area contributed by atoms with Crippen LogP contribution in [-0.2, 0) is 4.74 Å². The molecule has 0 radical (unpaired) electrons. The molecule has 21 heavy (non-hydrogen) atoms. The summed E-state index contributed by atoms with van der Waals surface area (Å²) in [4.78, 5) is 2.17. The number of benzene rings is 1. The molecule has 1 aromatic carbocycles. The molecule has 0 saturated carbocycles. The highest BCUT2D eigenvalue weighted by Crippen LogP contribution is 2.20. The molecule has 0 spiro atoms. The molecule has 2 unspecified atom stereocenters. The molecule has 1 N–H and O–H groups in total. The monoisotopic (exact) mass is 302 g/mol. The van der Waals surface area contributed by atoms with Crippen LogP contribution in [0.4, 0.5) is 13.2 Å². The van der Waals surface area contributed by atoms with Crippen LogP contribution in [0.1, 0.15) is 18.5 Å². The Labute approximate surface area is 123 Å². The van der Waals surface area contributed by atoms with Gasteiger partial charge in [0.2, 0.25) is 0 Å². The molecule has 0 amide bonds. The van der Waals surface area contributed by atoms with Crippen molar-refractivity contribution >= 4 is 0 Å². The fraction of sp³-hybridized carbons (Fsp3) is 0.600. The maximum atomic E-state index is 12.0. The molecule has 0 aromatic heterocycles. The van der Waals surface area contributed by atoms with Crippen molar-refractivity contribution in [3.05, 3.63) is 35.9 Å². The van der Waals surface area contributed by atoms with Crippen LogP contribution in [0.3, 0.4) is 0 Å². The van der Waals surface area contributed by atoms with Crippen LogP contribution in [0.2, 0.25) is 0 Å². The van der Waals surface area contributed by atoms with Crippen molar-refractivity contribution in [1.82, 2.24) is 10.2 Å². The summed E-state index contributed by atoms with van der Waals surface area (Å²) >= 11 is 0. The van der Waals surface area contributed by atoms with Crippen molar-refractivity contribution in [2.75, 3.05) is 32.8 Å². The van der Waals surface area contributed by atoms with E-state index in [2.05, 4.69) is 29.3 Å².